The van der Waals surface area contributed by atoms with Gasteiger partial charge in [0.25, 0.3) is 0 Å². The van der Waals surface area contributed by atoms with Gasteiger partial charge in [-0.1, -0.05) is 0 Å². The van der Waals surface area contributed by atoms with Crippen LogP contribution in [0.4, 0.5) is 21.9 Å². The van der Waals surface area contributed by atoms with E-state index in [1.54, 1.807) is 12.1 Å². The first kappa shape index (κ1) is 17.3. The standard InChI is InChI=1S/C15H15N3O5S/c1-24(22,23)18-13-8-6-12(7-9-13)17-15(21)16-11-4-2-10(3-5-11)14(19)20/h2-9,18H,1H3,(H,19,20)(H2,16,17,21). The van der Waals surface area contributed by atoms with E-state index in [0.717, 1.165) is 6.26 Å². The van der Waals surface area contributed by atoms with Crippen molar-refractivity contribution in [1.29, 1.82) is 0 Å². The van der Waals surface area contributed by atoms with Crippen molar-refractivity contribution in [3.8, 4) is 0 Å². The molecule has 2 rings (SSSR count). The van der Waals surface area contributed by atoms with Crippen molar-refractivity contribution >= 4 is 39.1 Å². The monoisotopic (exact) mass is 349 g/mol. The molecule has 0 aliphatic rings. The molecule has 0 saturated heterocycles. The van der Waals surface area contributed by atoms with Gasteiger partial charge in [-0.3, -0.25) is 4.72 Å². The molecule has 0 heterocycles. The zero-order valence-corrected chi connectivity index (χ0v) is 13.4. The predicted octanol–water partition coefficient (Wildman–Crippen LogP) is 2.40. The van der Waals surface area contributed by atoms with Gasteiger partial charge < -0.3 is 15.7 Å². The van der Waals surface area contributed by atoms with Gasteiger partial charge in [0, 0.05) is 17.1 Å². The number of hydrogen-bond acceptors (Lipinski definition) is 4. The first-order valence-electron chi connectivity index (χ1n) is 6.72. The molecule has 0 atom stereocenters. The minimum Gasteiger partial charge on any atom is -0.478 e. The fourth-order valence-electron chi connectivity index (χ4n) is 1.83. The Morgan fingerprint density at radius 2 is 1.25 bits per heavy atom. The highest BCUT2D eigenvalue weighted by Gasteiger charge is 2.06. The molecule has 9 heteroatoms. The van der Waals surface area contributed by atoms with Crippen LogP contribution >= 0.6 is 0 Å². The van der Waals surface area contributed by atoms with Gasteiger partial charge in [0.05, 0.1) is 11.8 Å². The van der Waals surface area contributed by atoms with Gasteiger partial charge in [0.1, 0.15) is 0 Å². The van der Waals surface area contributed by atoms with E-state index in [0.29, 0.717) is 17.1 Å². The predicted molar refractivity (Wildman–Crippen MR) is 91.0 cm³/mol. The molecule has 0 spiro atoms. The van der Waals surface area contributed by atoms with Crippen LogP contribution in [-0.2, 0) is 10.0 Å². The van der Waals surface area contributed by atoms with Gasteiger partial charge in [0.2, 0.25) is 10.0 Å². The summed E-state index contributed by atoms with van der Waals surface area (Å²) in [4.78, 5) is 22.6. The molecule has 0 bridgehead atoms. The van der Waals surface area contributed by atoms with E-state index >= 15 is 0 Å². The van der Waals surface area contributed by atoms with Gasteiger partial charge in [-0.05, 0) is 48.5 Å². The number of sulfonamides is 1. The number of carbonyl (C=O) groups is 2. The van der Waals surface area contributed by atoms with Crippen LogP contribution in [0.15, 0.2) is 48.5 Å². The Labute approximate surface area is 138 Å². The fraction of sp³-hybridized carbons (Fsp3) is 0.0667. The molecular weight excluding hydrogens is 334 g/mol. The maximum absolute atomic E-state index is 11.9. The maximum atomic E-state index is 11.9. The van der Waals surface area contributed by atoms with E-state index in [4.69, 9.17) is 5.11 Å². The fourth-order valence-corrected chi connectivity index (χ4v) is 2.39. The molecule has 2 aromatic rings. The van der Waals surface area contributed by atoms with Crippen molar-refractivity contribution in [2.24, 2.45) is 0 Å². The van der Waals surface area contributed by atoms with Crippen molar-refractivity contribution < 1.29 is 23.1 Å². The molecular formula is C15H15N3O5S. The lowest BCUT2D eigenvalue weighted by molar-refractivity contribution is 0.0697. The summed E-state index contributed by atoms with van der Waals surface area (Å²) >= 11 is 0. The number of urea groups is 1. The minimum absolute atomic E-state index is 0.120. The Morgan fingerprint density at radius 1 is 0.833 bits per heavy atom. The molecule has 8 nitrogen and oxygen atoms in total. The van der Waals surface area contributed by atoms with Crippen LogP contribution in [0.2, 0.25) is 0 Å². The Kier molecular flexibility index (Phi) is 5.05. The lowest BCUT2D eigenvalue weighted by Gasteiger charge is -2.09. The first-order chi connectivity index (χ1) is 11.2. The van der Waals surface area contributed by atoms with Crippen LogP contribution in [0.5, 0.6) is 0 Å². The van der Waals surface area contributed by atoms with Crippen LogP contribution < -0.4 is 15.4 Å². The molecule has 24 heavy (non-hydrogen) atoms. The molecule has 0 aliphatic carbocycles. The number of aromatic carboxylic acids is 1. The minimum atomic E-state index is -3.35. The molecule has 2 aromatic carbocycles. The second kappa shape index (κ2) is 7.01. The molecule has 0 aromatic heterocycles. The number of carbonyl (C=O) groups excluding carboxylic acids is 1. The average Bonchev–Trinajstić information content (AvgIpc) is 2.48. The molecule has 0 aliphatic heterocycles. The number of carboxylic acids is 1. The van der Waals surface area contributed by atoms with Crippen LogP contribution in [0.1, 0.15) is 10.4 Å². The van der Waals surface area contributed by atoms with Gasteiger partial charge in [-0.2, -0.15) is 0 Å². The highest BCUT2D eigenvalue weighted by Crippen LogP contribution is 2.15. The van der Waals surface area contributed by atoms with Crippen LogP contribution in [-0.4, -0.2) is 31.8 Å². The topological polar surface area (TPSA) is 125 Å². The third-order valence-electron chi connectivity index (χ3n) is 2.84. The average molecular weight is 349 g/mol. The van der Waals surface area contributed by atoms with Crippen molar-refractivity contribution in [1.82, 2.24) is 0 Å². The van der Waals surface area contributed by atoms with E-state index in [2.05, 4.69) is 15.4 Å². The maximum Gasteiger partial charge on any atom is 0.335 e. The summed E-state index contributed by atoms with van der Waals surface area (Å²) in [5, 5.41) is 13.9. The lowest BCUT2D eigenvalue weighted by atomic mass is 10.2. The summed E-state index contributed by atoms with van der Waals surface area (Å²) in [7, 11) is -3.35. The lowest BCUT2D eigenvalue weighted by Crippen LogP contribution is -2.19. The number of carboxylic acid groups (broad SMARTS) is 1. The van der Waals surface area contributed by atoms with E-state index in [9.17, 15) is 18.0 Å². The second-order valence-electron chi connectivity index (χ2n) is 4.91. The molecule has 0 fully saturated rings. The second-order valence-corrected chi connectivity index (χ2v) is 6.66. The van der Waals surface area contributed by atoms with Crippen molar-refractivity contribution in [3.63, 3.8) is 0 Å². The number of benzene rings is 2. The highest BCUT2D eigenvalue weighted by molar-refractivity contribution is 7.92. The summed E-state index contributed by atoms with van der Waals surface area (Å²) in [5.74, 6) is -1.05. The molecule has 0 unspecified atom stereocenters. The Hall–Kier alpha value is -3.07. The van der Waals surface area contributed by atoms with Gasteiger partial charge in [-0.25, -0.2) is 18.0 Å². The van der Waals surface area contributed by atoms with E-state index in [1.165, 1.54) is 36.4 Å². The number of nitrogens with one attached hydrogen (secondary N) is 3. The van der Waals surface area contributed by atoms with Crippen molar-refractivity contribution in [2.75, 3.05) is 21.6 Å². The molecule has 2 amide bonds. The summed E-state index contributed by atoms with van der Waals surface area (Å²) in [6.07, 6.45) is 1.04. The van der Waals surface area contributed by atoms with Gasteiger partial charge in [0.15, 0.2) is 0 Å². The Morgan fingerprint density at radius 3 is 1.67 bits per heavy atom. The first-order valence-corrected chi connectivity index (χ1v) is 8.61. The van der Waals surface area contributed by atoms with Crippen molar-refractivity contribution in [2.45, 2.75) is 0 Å². The summed E-state index contributed by atoms with van der Waals surface area (Å²) in [6.45, 7) is 0. The largest absolute Gasteiger partial charge is 0.478 e. The third-order valence-corrected chi connectivity index (χ3v) is 3.44. The van der Waals surface area contributed by atoms with E-state index < -0.39 is 22.0 Å². The van der Waals surface area contributed by atoms with E-state index in [1.807, 2.05) is 0 Å². The van der Waals surface area contributed by atoms with Crippen LogP contribution in [0, 0.1) is 0 Å². The van der Waals surface area contributed by atoms with E-state index in [-0.39, 0.29) is 5.56 Å². The van der Waals surface area contributed by atoms with Crippen molar-refractivity contribution in [3.05, 3.63) is 54.1 Å². The highest BCUT2D eigenvalue weighted by atomic mass is 32.2. The Balaban J connectivity index is 1.95. The third kappa shape index (κ3) is 5.29. The summed E-state index contributed by atoms with van der Waals surface area (Å²) in [5.41, 5.74) is 1.41. The summed E-state index contributed by atoms with van der Waals surface area (Å²) < 4.78 is 24.5. The zero-order valence-electron chi connectivity index (χ0n) is 12.6. The van der Waals surface area contributed by atoms with Gasteiger partial charge in [-0.15, -0.1) is 0 Å². The molecule has 126 valence electrons. The zero-order chi connectivity index (χ0) is 17.7. The Bertz CT molecular complexity index is 846. The SMILES string of the molecule is CS(=O)(=O)Nc1ccc(NC(=O)Nc2ccc(C(=O)O)cc2)cc1. The number of anilines is 3. The number of hydrogen-bond donors (Lipinski definition) is 4. The number of rotatable bonds is 5. The summed E-state index contributed by atoms with van der Waals surface area (Å²) in [6, 6.07) is 11.3. The van der Waals surface area contributed by atoms with Crippen LogP contribution in [0.3, 0.4) is 0 Å². The smallest absolute Gasteiger partial charge is 0.335 e. The molecule has 0 radical (unpaired) electrons. The molecule has 4 N–H and O–H groups in total. The normalized spacial score (nSPS) is 10.7. The van der Waals surface area contributed by atoms with Crippen LogP contribution in [0.25, 0.3) is 0 Å². The van der Waals surface area contributed by atoms with Gasteiger partial charge >= 0.3 is 12.0 Å². The quantitative estimate of drug-likeness (QED) is 0.660. The number of amides is 2. The molecule has 0 saturated carbocycles.